The average Bonchev–Trinajstić information content (AvgIpc) is 3.07. The predicted molar refractivity (Wildman–Crippen MR) is 104 cm³/mol. The van der Waals surface area contributed by atoms with Gasteiger partial charge in [-0.15, -0.1) is 0 Å². The smallest absolute Gasteiger partial charge is 0.321 e. The van der Waals surface area contributed by atoms with Crippen LogP contribution in [-0.2, 0) is 19.1 Å². The number of esters is 1. The zero-order chi connectivity index (χ0) is 20.7. The third kappa shape index (κ3) is 5.31. The van der Waals surface area contributed by atoms with Crippen LogP contribution < -0.4 is 15.5 Å². The average molecular weight is 389 g/mol. The number of anilines is 1. The summed E-state index contributed by atoms with van der Waals surface area (Å²) in [7, 11) is 0. The SMILES string of the molecule is CCNC(=O)NC(=O)COC(=O)[C@H]1CC(=O)N(c2ccccc2[C@H](C)CC)C1. The van der Waals surface area contributed by atoms with Crippen molar-refractivity contribution in [2.24, 2.45) is 5.92 Å². The van der Waals surface area contributed by atoms with E-state index in [-0.39, 0.29) is 24.8 Å². The van der Waals surface area contributed by atoms with Crippen molar-refractivity contribution in [2.45, 2.75) is 39.5 Å². The number of nitrogens with zero attached hydrogens (tertiary/aromatic N) is 1. The summed E-state index contributed by atoms with van der Waals surface area (Å²) in [6, 6.07) is 7.03. The Kier molecular flexibility index (Phi) is 7.54. The van der Waals surface area contributed by atoms with Crippen LogP contribution in [0.3, 0.4) is 0 Å². The Morgan fingerprint density at radius 2 is 1.96 bits per heavy atom. The number of nitrogens with one attached hydrogen (secondary N) is 2. The highest BCUT2D eigenvalue weighted by atomic mass is 16.5. The maximum atomic E-state index is 12.5. The maximum Gasteiger partial charge on any atom is 0.321 e. The number of ether oxygens (including phenoxy) is 1. The molecule has 0 spiro atoms. The Bertz CT molecular complexity index is 749. The number of hydrogen-bond donors (Lipinski definition) is 2. The molecule has 1 heterocycles. The van der Waals surface area contributed by atoms with Crippen LogP contribution in [0, 0.1) is 5.92 Å². The highest BCUT2D eigenvalue weighted by Gasteiger charge is 2.37. The van der Waals surface area contributed by atoms with Crippen LogP contribution in [0.2, 0.25) is 0 Å². The van der Waals surface area contributed by atoms with Crippen LogP contribution in [-0.4, -0.2) is 43.5 Å². The summed E-state index contributed by atoms with van der Waals surface area (Å²) in [6.45, 7) is 5.91. The van der Waals surface area contributed by atoms with Gasteiger partial charge in [0.15, 0.2) is 6.61 Å². The fourth-order valence-electron chi connectivity index (χ4n) is 3.09. The van der Waals surface area contributed by atoms with E-state index in [1.165, 1.54) is 0 Å². The van der Waals surface area contributed by atoms with Gasteiger partial charge in [-0.1, -0.05) is 32.0 Å². The van der Waals surface area contributed by atoms with Crippen molar-refractivity contribution in [1.82, 2.24) is 10.6 Å². The number of para-hydroxylation sites is 1. The first kappa shape index (κ1) is 21.4. The molecule has 1 aliphatic heterocycles. The Balaban J connectivity index is 1.96. The summed E-state index contributed by atoms with van der Waals surface area (Å²) in [5.74, 6) is -1.85. The molecular weight excluding hydrogens is 362 g/mol. The highest BCUT2D eigenvalue weighted by Crippen LogP contribution is 2.33. The summed E-state index contributed by atoms with van der Waals surface area (Å²) in [5.41, 5.74) is 1.87. The third-order valence-electron chi connectivity index (χ3n) is 4.77. The molecule has 152 valence electrons. The zero-order valence-corrected chi connectivity index (χ0v) is 16.5. The molecule has 8 heteroatoms. The molecule has 4 amide bonds. The largest absolute Gasteiger partial charge is 0.455 e. The van der Waals surface area contributed by atoms with E-state index in [1.54, 1.807) is 11.8 Å². The number of rotatable bonds is 7. The molecule has 0 saturated carbocycles. The lowest BCUT2D eigenvalue weighted by atomic mass is 9.96. The molecule has 28 heavy (non-hydrogen) atoms. The molecule has 2 N–H and O–H groups in total. The normalized spacial score (nSPS) is 17.2. The highest BCUT2D eigenvalue weighted by molar-refractivity contribution is 6.00. The number of imide groups is 1. The fraction of sp³-hybridized carbons (Fsp3) is 0.500. The van der Waals surface area contributed by atoms with Crippen molar-refractivity contribution in [3.8, 4) is 0 Å². The van der Waals surface area contributed by atoms with Gasteiger partial charge >= 0.3 is 12.0 Å². The predicted octanol–water partition coefficient (Wildman–Crippen LogP) is 1.94. The number of carbonyl (C=O) groups is 4. The van der Waals surface area contributed by atoms with Gasteiger partial charge in [0, 0.05) is 25.2 Å². The second-order valence-corrected chi connectivity index (χ2v) is 6.79. The number of benzene rings is 1. The van der Waals surface area contributed by atoms with Crippen LogP contribution in [0.25, 0.3) is 0 Å². The Hall–Kier alpha value is -2.90. The van der Waals surface area contributed by atoms with Crippen LogP contribution in [0.15, 0.2) is 24.3 Å². The Morgan fingerprint density at radius 3 is 2.64 bits per heavy atom. The summed E-state index contributed by atoms with van der Waals surface area (Å²) >= 11 is 0. The first-order chi connectivity index (χ1) is 13.4. The molecule has 2 atom stereocenters. The molecule has 0 bridgehead atoms. The van der Waals surface area contributed by atoms with E-state index in [2.05, 4.69) is 24.5 Å². The third-order valence-corrected chi connectivity index (χ3v) is 4.77. The first-order valence-electron chi connectivity index (χ1n) is 9.50. The molecule has 1 fully saturated rings. The summed E-state index contributed by atoms with van der Waals surface area (Å²) in [6.07, 6.45) is 0.969. The van der Waals surface area contributed by atoms with Crippen molar-refractivity contribution in [3.05, 3.63) is 29.8 Å². The first-order valence-corrected chi connectivity index (χ1v) is 9.50. The van der Waals surface area contributed by atoms with Gasteiger partial charge in [0.25, 0.3) is 5.91 Å². The summed E-state index contributed by atoms with van der Waals surface area (Å²) < 4.78 is 4.99. The van der Waals surface area contributed by atoms with Gasteiger partial charge in [-0.25, -0.2) is 4.79 Å². The van der Waals surface area contributed by atoms with E-state index in [4.69, 9.17) is 4.74 Å². The molecule has 1 aliphatic rings. The molecule has 0 unspecified atom stereocenters. The second kappa shape index (κ2) is 9.87. The van der Waals surface area contributed by atoms with Gasteiger partial charge in [-0.05, 0) is 30.9 Å². The zero-order valence-electron chi connectivity index (χ0n) is 16.5. The monoisotopic (exact) mass is 389 g/mol. The standard InChI is InChI=1S/C20H27N3O5/c1-4-13(3)15-8-6-7-9-16(15)23-11-14(10-18(23)25)19(26)28-12-17(24)22-20(27)21-5-2/h6-9,13-14H,4-5,10-12H2,1-3H3,(H2,21,22,24,27)/t13-,14+/m1/s1. The van der Waals surface area contributed by atoms with E-state index in [9.17, 15) is 19.2 Å². The molecule has 2 rings (SSSR count). The van der Waals surface area contributed by atoms with Gasteiger partial charge in [0.05, 0.1) is 5.92 Å². The minimum Gasteiger partial charge on any atom is -0.455 e. The molecule has 1 aromatic carbocycles. The van der Waals surface area contributed by atoms with Crippen molar-refractivity contribution in [3.63, 3.8) is 0 Å². The minimum absolute atomic E-state index is 0.0333. The van der Waals surface area contributed by atoms with Crippen molar-refractivity contribution in [1.29, 1.82) is 0 Å². The second-order valence-electron chi connectivity index (χ2n) is 6.79. The lowest BCUT2D eigenvalue weighted by molar-refractivity contribution is -0.152. The van der Waals surface area contributed by atoms with Crippen LogP contribution in [0.5, 0.6) is 0 Å². The molecule has 1 aromatic rings. The molecular formula is C20H27N3O5. The lowest BCUT2D eigenvalue weighted by Gasteiger charge is -2.23. The molecule has 0 radical (unpaired) electrons. The molecule has 1 saturated heterocycles. The van der Waals surface area contributed by atoms with Crippen molar-refractivity contribution >= 4 is 29.5 Å². The number of hydrogen-bond acceptors (Lipinski definition) is 5. The fourth-order valence-corrected chi connectivity index (χ4v) is 3.09. The molecule has 0 aromatic heterocycles. The van der Waals surface area contributed by atoms with Crippen LogP contribution in [0.4, 0.5) is 10.5 Å². The van der Waals surface area contributed by atoms with Gasteiger partial charge in [-0.3, -0.25) is 19.7 Å². The van der Waals surface area contributed by atoms with Gasteiger partial charge in [0.1, 0.15) is 0 Å². The van der Waals surface area contributed by atoms with Crippen molar-refractivity contribution < 1.29 is 23.9 Å². The van der Waals surface area contributed by atoms with Gasteiger partial charge in [-0.2, -0.15) is 0 Å². The number of carbonyl (C=O) groups excluding carboxylic acids is 4. The van der Waals surface area contributed by atoms with E-state index in [1.807, 2.05) is 24.3 Å². The number of urea groups is 1. The van der Waals surface area contributed by atoms with E-state index < -0.39 is 30.4 Å². The van der Waals surface area contributed by atoms with Crippen LogP contribution >= 0.6 is 0 Å². The minimum atomic E-state index is -0.720. The van der Waals surface area contributed by atoms with Crippen molar-refractivity contribution in [2.75, 3.05) is 24.6 Å². The lowest BCUT2D eigenvalue weighted by Crippen LogP contribution is -2.41. The number of amides is 4. The topological polar surface area (TPSA) is 105 Å². The molecule has 0 aliphatic carbocycles. The van der Waals surface area contributed by atoms with E-state index in [0.717, 1.165) is 17.7 Å². The van der Waals surface area contributed by atoms with E-state index >= 15 is 0 Å². The van der Waals surface area contributed by atoms with E-state index in [0.29, 0.717) is 6.54 Å². The molecule has 8 nitrogen and oxygen atoms in total. The summed E-state index contributed by atoms with van der Waals surface area (Å²) in [4.78, 5) is 49.3. The van der Waals surface area contributed by atoms with Crippen LogP contribution in [0.1, 0.15) is 45.1 Å². The Labute approximate surface area is 164 Å². The van der Waals surface area contributed by atoms with Gasteiger partial charge in [0.2, 0.25) is 5.91 Å². The quantitative estimate of drug-likeness (QED) is 0.694. The Morgan fingerprint density at radius 1 is 1.25 bits per heavy atom. The summed E-state index contributed by atoms with van der Waals surface area (Å²) in [5, 5.41) is 4.46. The maximum absolute atomic E-state index is 12.5. The van der Waals surface area contributed by atoms with Gasteiger partial charge < -0.3 is 15.0 Å².